The van der Waals surface area contributed by atoms with E-state index < -0.39 is 0 Å². The second-order valence-electron chi connectivity index (χ2n) is 9.73. The smallest absolute Gasteiger partial charge is 0.251 e. The van der Waals surface area contributed by atoms with Gasteiger partial charge in [-0.3, -0.25) is 9.59 Å². The van der Waals surface area contributed by atoms with Crippen molar-refractivity contribution >= 4 is 67.1 Å². The van der Waals surface area contributed by atoms with Crippen molar-refractivity contribution in [3.8, 4) is 0 Å². The van der Waals surface area contributed by atoms with E-state index in [-0.39, 0.29) is 11.8 Å². The maximum atomic E-state index is 12.9. The molecule has 5 rings (SSSR count). The van der Waals surface area contributed by atoms with Gasteiger partial charge in [0.15, 0.2) is 5.13 Å². The predicted octanol–water partition coefficient (Wildman–Crippen LogP) is 4.11. The van der Waals surface area contributed by atoms with Gasteiger partial charge in [-0.05, 0) is 69.3 Å². The number of anilines is 2. The molecule has 0 aliphatic carbocycles. The molecule has 2 aromatic carbocycles. The van der Waals surface area contributed by atoms with Gasteiger partial charge in [0.05, 0.1) is 27.8 Å². The Labute approximate surface area is 224 Å². The third-order valence-electron chi connectivity index (χ3n) is 6.68. The van der Waals surface area contributed by atoms with Crippen molar-refractivity contribution in [1.82, 2.24) is 29.7 Å². The summed E-state index contributed by atoms with van der Waals surface area (Å²) in [6.45, 7) is 2.52. The minimum absolute atomic E-state index is 0.115. The zero-order chi connectivity index (χ0) is 26.1. The number of piperidine rings is 1. The molecule has 0 saturated carbocycles. The van der Waals surface area contributed by atoms with Gasteiger partial charge in [0.1, 0.15) is 0 Å². The van der Waals surface area contributed by atoms with Crippen molar-refractivity contribution in [3.05, 3.63) is 47.0 Å². The first-order chi connectivity index (χ1) is 17.8. The molecule has 0 spiro atoms. The van der Waals surface area contributed by atoms with Crippen LogP contribution in [0, 0.1) is 5.92 Å². The summed E-state index contributed by atoms with van der Waals surface area (Å²) in [6, 6.07) is 11.2. The number of likely N-dealkylation sites (N-methyl/N-ethyl adjacent to an activating group) is 1. The lowest BCUT2D eigenvalue weighted by molar-refractivity contribution is -0.133. The van der Waals surface area contributed by atoms with Gasteiger partial charge in [-0.15, -0.1) is 0 Å². The Kier molecular flexibility index (Phi) is 7.32. The topological polar surface area (TPSA) is 95.4 Å². The molecule has 1 saturated heterocycles. The van der Waals surface area contributed by atoms with Crippen LogP contribution in [0.15, 0.2) is 36.4 Å². The minimum atomic E-state index is -0.115. The number of thiazole rings is 1. The molecule has 37 heavy (non-hydrogen) atoms. The number of halogens is 1. The number of nitrogens with zero attached hydrogens (tertiary/aromatic N) is 5. The Balaban J connectivity index is 1.20. The third kappa shape index (κ3) is 5.71. The zero-order valence-corrected chi connectivity index (χ0v) is 22.7. The van der Waals surface area contributed by atoms with Crippen molar-refractivity contribution in [2.45, 2.75) is 12.8 Å². The highest BCUT2D eigenvalue weighted by atomic mass is 35.5. The highest BCUT2D eigenvalue weighted by Crippen LogP contribution is 2.31. The van der Waals surface area contributed by atoms with Crippen LogP contribution in [0.2, 0.25) is 5.02 Å². The van der Waals surface area contributed by atoms with Gasteiger partial charge >= 0.3 is 0 Å². The van der Waals surface area contributed by atoms with E-state index in [2.05, 4.69) is 15.6 Å². The largest absolute Gasteiger partial charge is 0.352 e. The standard InChI is InChI=1S/C26H30ClN7O2S/c1-32(2)15-23(35)34-10-8-16(9-11-34)14-28-24(36)17-4-7-21-20(12-17)29-25(33(21)3)31-26-30-19-6-5-18(27)13-22(19)37-26/h4-7,12-13,16H,8-11,14-15H2,1-3H3,(H,28,36)(H,29,30,31). The fraction of sp³-hybridized carbons (Fsp3) is 0.385. The highest BCUT2D eigenvalue weighted by molar-refractivity contribution is 7.22. The second-order valence-corrected chi connectivity index (χ2v) is 11.2. The number of carbonyl (C=O) groups is 2. The number of aromatic nitrogens is 3. The predicted molar refractivity (Wildman–Crippen MR) is 149 cm³/mol. The summed E-state index contributed by atoms with van der Waals surface area (Å²) in [4.78, 5) is 38.3. The third-order valence-corrected chi connectivity index (χ3v) is 7.85. The molecule has 2 amide bonds. The molecule has 1 aliphatic rings. The summed E-state index contributed by atoms with van der Waals surface area (Å²) >= 11 is 7.61. The zero-order valence-electron chi connectivity index (χ0n) is 21.1. The number of rotatable bonds is 7. The molecule has 1 fully saturated rings. The van der Waals surface area contributed by atoms with Crippen LogP contribution in [0.1, 0.15) is 23.2 Å². The maximum Gasteiger partial charge on any atom is 0.251 e. The van der Waals surface area contributed by atoms with Crippen LogP contribution >= 0.6 is 22.9 Å². The van der Waals surface area contributed by atoms with Crippen LogP contribution in [0.25, 0.3) is 21.3 Å². The summed E-state index contributed by atoms with van der Waals surface area (Å²) in [5, 5.41) is 7.77. The number of likely N-dealkylation sites (tertiary alicyclic amines) is 1. The molecule has 194 valence electrons. The van der Waals surface area contributed by atoms with Gasteiger partial charge in [-0.25, -0.2) is 9.97 Å². The number of amides is 2. The number of benzene rings is 2. The Bertz CT molecular complexity index is 1460. The van der Waals surface area contributed by atoms with E-state index in [1.54, 1.807) is 0 Å². The van der Waals surface area contributed by atoms with Gasteiger partial charge in [-0.1, -0.05) is 22.9 Å². The number of carbonyl (C=O) groups excluding carboxylic acids is 2. The SMILES string of the molecule is CN(C)CC(=O)N1CCC(CNC(=O)c2ccc3c(c2)nc(Nc2nc4ccc(Cl)cc4s2)n3C)CC1. The van der Waals surface area contributed by atoms with Crippen molar-refractivity contribution in [1.29, 1.82) is 0 Å². The van der Waals surface area contributed by atoms with Crippen LogP contribution < -0.4 is 10.6 Å². The molecule has 4 aromatic rings. The minimum Gasteiger partial charge on any atom is -0.352 e. The van der Waals surface area contributed by atoms with Crippen LogP contribution in [-0.4, -0.2) is 76.4 Å². The molecule has 9 nitrogen and oxygen atoms in total. The second kappa shape index (κ2) is 10.6. The Morgan fingerprint density at radius 1 is 1.11 bits per heavy atom. The molecule has 0 bridgehead atoms. The Morgan fingerprint density at radius 2 is 1.89 bits per heavy atom. The number of fused-ring (bicyclic) bond motifs is 2. The van der Waals surface area contributed by atoms with E-state index in [0.29, 0.717) is 35.5 Å². The fourth-order valence-electron chi connectivity index (χ4n) is 4.60. The number of aryl methyl sites for hydroxylation is 1. The summed E-state index contributed by atoms with van der Waals surface area (Å²) in [5.74, 6) is 1.06. The molecule has 1 aliphatic heterocycles. The first-order valence-electron chi connectivity index (χ1n) is 12.3. The molecule has 0 atom stereocenters. The van der Waals surface area contributed by atoms with Gasteiger partial charge in [-0.2, -0.15) is 0 Å². The van der Waals surface area contributed by atoms with Crippen LogP contribution in [0.4, 0.5) is 11.1 Å². The monoisotopic (exact) mass is 539 g/mol. The van der Waals surface area contributed by atoms with Crippen molar-refractivity contribution in [2.75, 3.05) is 45.6 Å². The van der Waals surface area contributed by atoms with Crippen molar-refractivity contribution < 1.29 is 9.59 Å². The average Bonchev–Trinajstić information content (AvgIpc) is 3.41. The van der Waals surface area contributed by atoms with Gasteiger partial charge < -0.3 is 25.0 Å². The quantitative estimate of drug-likeness (QED) is 0.367. The van der Waals surface area contributed by atoms with Gasteiger partial charge in [0.2, 0.25) is 11.9 Å². The van der Waals surface area contributed by atoms with E-state index in [1.165, 1.54) is 11.3 Å². The molecule has 0 radical (unpaired) electrons. The number of hydrogen-bond acceptors (Lipinski definition) is 7. The normalized spacial score (nSPS) is 14.6. The number of hydrogen-bond donors (Lipinski definition) is 2. The van der Waals surface area contributed by atoms with Crippen LogP contribution in [-0.2, 0) is 11.8 Å². The van der Waals surface area contributed by atoms with E-state index in [4.69, 9.17) is 16.6 Å². The fourth-order valence-corrected chi connectivity index (χ4v) is 5.73. The first kappa shape index (κ1) is 25.4. The molecular formula is C26H30ClN7O2S. The van der Waals surface area contributed by atoms with E-state index >= 15 is 0 Å². The molecule has 11 heteroatoms. The lowest BCUT2D eigenvalue weighted by Crippen LogP contribution is -2.44. The van der Waals surface area contributed by atoms with E-state index in [1.807, 2.05) is 71.9 Å². The average molecular weight is 540 g/mol. The Morgan fingerprint density at radius 3 is 2.65 bits per heavy atom. The van der Waals surface area contributed by atoms with E-state index in [9.17, 15) is 9.59 Å². The lowest BCUT2D eigenvalue weighted by atomic mass is 9.96. The summed E-state index contributed by atoms with van der Waals surface area (Å²) in [5.41, 5.74) is 3.10. The van der Waals surface area contributed by atoms with Crippen LogP contribution in [0.3, 0.4) is 0 Å². The molecular weight excluding hydrogens is 510 g/mol. The molecule has 0 unspecified atom stereocenters. The first-order valence-corrected chi connectivity index (χ1v) is 13.5. The lowest BCUT2D eigenvalue weighted by Gasteiger charge is -2.32. The molecule has 2 N–H and O–H groups in total. The van der Waals surface area contributed by atoms with Gasteiger partial charge in [0.25, 0.3) is 5.91 Å². The van der Waals surface area contributed by atoms with E-state index in [0.717, 1.165) is 52.3 Å². The molecule has 3 heterocycles. The Hall–Kier alpha value is -3.21. The summed E-state index contributed by atoms with van der Waals surface area (Å²) < 4.78 is 2.94. The van der Waals surface area contributed by atoms with Crippen LogP contribution in [0.5, 0.6) is 0 Å². The summed E-state index contributed by atoms with van der Waals surface area (Å²) in [7, 11) is 5.73. The number of imidazole rings is 1. The number of nitrogens with one attached hydrogen (secondary N) is 2. The maximum absolute atomic E-state index is 12.9. The van der Waals surface area contributed by atoms with Crippen molar-refractivity contribution in [3.63, 3.8) is 0 Å². The molecule has 2 aromatic heterocycles. The summed E-state index contributed by atoms with van der Waals surface area (Å²) in [6.07, 6.45) is 1.79. The highest BCUT2D eigenvalue weighted by Gasteiger charge is 2.23. The van der Waals surface area contributed by atoms with Crippen molar-refractivity contribution in [2.24, 2.45) is 13.0 Å². The van der Waals surface area contributed by atoms with Gasteiger partial charge in [0, 0.05) is 37.3 Å².